The van der Waals surface area contributed by atoms with Crippen molar-refractivity contribution in [3.63, 3.8) is 0 Å². The fraction of sp³-hybridized carbons (Fsp3) is 1.00. The summed E-state index contributed by atoms with van der Waals surface area (Å²) in [6, 6.07) is 1.40. The van der Waals surface area contributed by atoms with Crippen LogP contribution in [0.2, 0.25) is 0 Å². The van der Waals surface area contributed by atoms with Gasteiger partial charge in [0.25, 0.3) is 0 Å². The molecule has 0 fully saturated rings. The molecule has 98 valence electrons. The molecule has 0 aromatic carbocycles. The van der Waals surface area contributed by atoms with Crippen LogP contribution in [0.15, 0.2) is 0 Å². The van der Waals surface area contributed by atoms with Crippen molar-refractivity contribution < 1.29 is 0 Å². The van der Waals surface area contributed by atoms with Gasteiger partial charge in [0.1, 0.15) is 0 Å². The molecular formula is C14H32N2. The maximum absolute atomic E-state index is 3.62. The molecule has 0 aromatic heterocycles. The molecule has 1 N–H and O–H groups in total. The Bertz CT molecular complexity index is 153. The van der Waals surface area contributed by atoms with Gasteiger partial charge in [-0.1, -0.05) is 27.7 Å². The number of hydrogen-bond acceptors (Lipinski definition) is 2. The predicted molar refractivity (Wildman–Crippen MR) is 73.9 cm³/mol. The number of hydrogen-bond donors (Lipinski definition) is 1. The van der Waals surface area contributed by atoms with Gasteiger partial charge in [0.05, 0.1) is 0 Å². The van der Waals surface area contributed by atoms with Gasteiger partial charge in [0, 0.05) is 25.2 Å². The summed E-state index contributed by atoms with van der Waals surface area (Å²) in [6.07, 6.45) is 3.77. The van der Waals surface area contributed by atoms with Crippen molar-refractivity contribution >= 4 is 0 Å². The van der Waals surface area contributed by atoms with Crippen LogP contribution in [0.5, 0.6) is 0 Å². The third-order valence-corrected chi connectivity index (χ3v) is 3.45. The summed E-state index contributed by atoms with van der Waals surface area (Å²) < 4.78 is 0. The van der Waals surface area contributed by atoms with Crippen molar-refractivity contribution in [2.45, 2.75) is 66.0 Å². The summed E-state index contributed by atoms with van der Waals surface area (Å²) in [7, 11) is 2.24. The molecule has 0 rings (SSSR count). The van der Waals surface area contributed by atoms with Crippen LogP contribution in [-0.4, -0.2) is 37.1 Å². The first-order valence-corrected chi connectivity index (χ1v) is 6.94. The van der Waals surface area contributed by atoms with Gasteiger partial charge in [-0.25, -0.2) is 0 Å². The second-order valence-corrected chi connectivity index (χ2v) is 5.43. The van der Waals surface area contributed by atoms with Crippen LogP contribution in [0.4, 0.5) is 0 Å². The van der Waals surface area contributed by atoms with Gasteiger partial charge in [0.2, 0.25) is 0 Å². The zero-order valence-electron chi connectivity index (χ0n) is 12.2. The van der Waals surface area contributed by atoms with Crippen molar-refractivity contribution in [3.8, 4) is 0 Å². The Labute approximate surface area is 103 Å². The van der Waals surface area contributed by atoms with Gasteiger partial charge < -0.3 is 10.2 Å². The predicted octanol–water partition coefficient (Wildman–Crippen LogP) is 3.13. The van der Waals surface area contributed by atoms with Gasteiger partial charge in [-0.3, -0.25) is 0 Å². The Morgan fingerprint density at radius 3 is 2.06 bits per heavy atom. The molecule has 0 aromatic rings. The minimum absolute atomic E-state index is 0.698. The van der Waals surface area contributed by atoms with Crippen LogP contribution in [0.25, 0.3) is 0 Å². The summed E-state index contributed by atoms with van der Waals surface area (Å²) in [5.74, 6) is 0.796. The van der Waals surface area contributed by atoms with E-state index in [1.54, 1.807) is 0 Å². The maximum Gasteiger partial charge on any atom is 0.0107 e. The largest absolute Gasteiger partial charge is 0.313 e. The zero-order chi connectivity index (χ0) is 12.6. The molecule has 2 heteroatoms. The minimum atomic E-state index is 0.698. The Kier molecular flexibility index (Phi) is 8.96. The molecule has 0 heterocycles. The van der Waals surface area contributed by atoms with Crippen molar-refractivity contribution in [3.05, 3.63) is 0 Å². The van der Waals surface area contributed by atoms with E-state index in [1.165, 1.54) is 19.3 Å². The van der Waals surface area contributed by atoms with Crippen LogP contribution in [0, 0.1) is 5.92 Å². The van der Waals surface area contributed by atoms with Gasteiger partial charge in [0.15, 0.2) is 0 Å². The third kappa shape index (κ3) is 7.24. The van der Waals surface area contributed by atoms with Crippen molar-refractivity contribution in [2.75, 3.05) is 20.1 Å². The fourth-order valence-electron chi connectivity index (χ4n) is 2.10. The van der Waals surface area contributed by atoms with Gasteiger partial charge in [-0.15, -0.1) is 0 Å². The van der Waals surface area contributed by atoms with E-state index < -0.39 is 0 Å². The van der Waals surface area contributed by atoms with Crippen LogP contribution >= 0.6 is 0 Å². The molecule has 1 atom stereocenters. The van der Waals surface area contributed by atoms with E-state index in [0.29, 0.717) is 12.1 Å². The first-order chi connectivity index (χ1) is 7.51. The molecule has 2 nitrogen and oxygen atoms in total. The lowest BCUT2D eigenvalue weighted by Crippen LogP contribution is -2.39. The van der Waals surface area contributed by atoms with Crippen LogP contribution in [0.3, 0.4) is 0 Å². The Morgan fingerprint density at radius 1 is 1.06 bits per heavy atom. The van der Waals surface area contributed by atoms with E-state index in [0.717, 1.165) is 19.0 Å². The standard InChI is InChI=1S/C14H32N2/c1-7-14(8-2)15-9-10-16(6)13(5)11-12(3)4/h12-15H,7-11H2,1-6H3. The molecule has 0 aliphatic heterocycles. The molecular weight excluding hydrogens is 196 g/mol. The van der Waals surface area contributed by atoms with E-state index in [2.05, 4.69) is 51.9 Å². The molecule has 1 unspecified atom stereocenters. The van der Waals surface area contributed by atoms with E-state index in [9.17, 15) is 0 Å². The first kappa shape index (κ1) is 15.9. The molecule has 0 aliphatic carbocycles. The first-order valence-electron chi connectivity index (χ1n) is 6.94. The molecule has 0 aliphatic rings. The van der Waals surface area contributed by atoms with Crippen LogP contribution in [-0.2, 0) is 0 Å². The van der Waals surface area contributed by atoms with Crippen LogP contribution < -0.4 is 5.32 Å². The Balaban J connectivity index is 3.67. The number of likely N-dealkylation sites (N-methyl/N-ethyl adjacent to an activating group) is 1. The summed E-state index contributed by atoms with van der Waals surface area (Å²) in [5.41, 5.74) is 0. The topological polar surface area (TPSA) is 15.3 Å². The average molecular weight is 228 g/mol. The Morgan fingerprint density at radius 2 is 1.62 bits per heavy atom. The summed E-state index contributed by atoms with van der Waals surface area (Å²) in [5, 5.41) is 3.62. The molecule has 0 spiro atoms. The van der Waals surface area contributed by atoms with E-state index in [1.807, 2.05) is 0 Å². The van der Waals surface area contributed by atoms with Gasteiger partial charge in [-0.2, -0.15) is 0 Å². The highest BCUT2D eigenvalue weighted by molar-refractivity contribution is 4.68. The van der Waals surface area contributed by atoms with E-state index in [4.69, 9.17) is 0 Å². The molecule has 0 amide bonds. The normalized spacial score (nSPS) is 14.1. The highest BCUT2D eigenvalue weighted by Gasteiger charge is 2.10. The van der Waals surface area contributed by atoms with Crippen molar-refractivity contribution in [2.24, 2.45) is 5.92 Å². The minimum Gasteiger partial charge on any atom is -0.313 e. The lowest BCUT2D eigenvalue weighted by Gasteiger charge is -2.27. The molecule has 16 heavy (non-hydrogen) atoms. The number of nitrogens with zero attached hydrogens (tertiary/aromatic N) is 1. The SMILES string of the molecule is CCC(CC)NCCN(C)C(C)CC(C)C. The summed E-state index contributed by atoms with van der Waals surface area (Å²) >= 11 is 0. The average Bonchev–Trinajstić information content (AvgIpc) is 2.23. The fourth-order valence-corrected chi connectivity index (χ4v) is 2.10. The second kappa shape index (κ2) is 9.00. The Hall–Kier alpha value is -0.0800. The van der Waals surface area contributed by atoms with Crippen molar-refractivity contribution in [1.29, 1.82) is 0 Å². The van der Waals surface area contributed by atoms with E-state index in [-0.39, 0.29) is 0 Å². The summed E-state index contributed by atoms with van der Waals surface area (Å²) in [4.78, 5) is 2.47. The van der Waals surface area contributed by atoms with Gasteiger partial charge in [-0.05, 0) is 39.2 Å². The highest BCUT2D eigenvalue weighted by atomic mass is 15.1. The molecule has 0 saturated heterocycles. The van der Waals surface area contributed by atoms with E-state index >= 15 is 0 Å². The number of rotatable bonds is 9. The second-order valence-electron chi connectivity index (χ2n) is 5.43. The quantitative estimate of drug-likeness (QED) is 0.652. The molecule has 0 saturated carbocycles. The number of nitrogens with one attached hydrogen (secondary N) is 1. The molecule has 0 radical (unpaired) electrons. The van der Waals surface area contributed by atoms with Gasteiger partial charge >= 0.3 is 0 Å². The lowest BCUT2D eigenvalue weighted by atomic mass is 10.0. The maximum atomic E-state index is 3.62. The monoisotopic (exact) mass is 228 g/mol. The van der Waals surface area contributed by atoms with Crippen molar-refractivity contribution in [1.82, 2.24) is 10.2 Å². The molecule has 0 bridgehead atoms. The zero-order valence-corrected chi connectivity index (χ0v) is 12.2. The summed E-state index contributed by atoms with van der Waals surface area (Å²) in [6.45, 7) is 13.7. The smallest absolute Gasteiger partial charge is 0.0107 e. The van der Waals surface area contributed by atoms with Crippen LogP contribution in [0.1, 0.15) is 53.9 Å². The highest BCUT2D eigenvalue weighted by Crippen LogP contribution is 2.08. The lowest BCUT2D eigenvalue weighted by molar-refractivity contribution is 0.225. The third-order valence-electron chi connectivity index (χ3n) is 3.45.